The van der Waals surface area contributed by atoms with Gasteiger partial charge in [-0.3, -0.25) is 14.5 Å². The SMILES string of the molecule is CC(=O)Oc1ccc2ccccc2c1CN(C)Cc1cc(Cl)cc(C)c1OC(C)=O. The van der Waals surface area contributed by atoms with E-state index in [1.165, 1.54) is 13.8 Å². The summed E-state index contributed by atoms with van der Waals surface area (Å²) in [6, 6.07) is 15.3. The minimum Gasteiger partial charge on any atom is -0.426 e. The van der Waals surface area contributed by atoms with Crippen LogP contribution in [0.4, 0.5) is 0 Å². The van der Waals surface area contributed by atoms with Gasteiger partial charge in [0.05, 0.1) is 0 Å². The summed E-state index contributed by atoms with van der Waals surface area (Å²) in [5, 5.41) is 2.67. The molecule has 0 bridgehead atoms. The maximum absolute atomic E-state index is 11.6. The molecule has 0 aliphatic heterocycles. The first-order chi connectivity index (χ1) is 14.2. The quantitative estimate of drug-likeness (QED) is 0.397. The van der Waals surface area contributed by atoms with Gasteiger partial charge in [0.25, 0.3) is 0 Å². The van der Waals surface area contributed by atoms with Gasteiger partial charge < -0.3 is 9.47 Å². The summed E-state index contributed by atoms with van der Waals surface area (Å²) >= 11 is 6.25. The van der Waals surface area contributed by atoms with Crippen molar-refractivity contribution in [1.29, 1.82) is 0 Å². The van der Waals surface area contributed by atoms with E-state index >= 15 is 0 Å². The maximum atomic E-state index is 11.6. The molecule has 6 heteroatoms. The van der Waals surface area contributed by atoms with Crippen molar-refractivity contribution in [3.05, 3.63) is 70.2 Å². The average molecular weight is 426 g/mol. The van der Waals surface area contributed by atoms with Crippen LogP contribution in [0.1, 0.15) is 30.5 Å². The molecule has 0 aliphatic rings. The molecule has 3 rings (SSSR count). The number of carbonyl (C=O) groups is 2. The number of carbonyl (C=O) groups excluding carboxylic acids is 2. The fraction of sp³-hybridized carbons (Fsp3) is 0.250. The second-order valence-corrected chi connectivity index (χ2v) is 7.77. The Balaban J connectivity index is 1.95. The molecule has 0 unspecified atom stereocenters. The van der Waals surface area contributed by atoms with Gasteiger partial charge in [0, 0.05) is 43.1 Å². The summed E-state index contributed by atoms with van der Waals surface area (Å²) in [6.07, 6.45) is 0. The van der Waals surface area contributed by atoms with Crippen molar-refractivity contribution in [2.75, 3.05) is 7.05 Å². The molecular formula is C24H24ClNO4. The van der Waals surface area contributed by atoms with E-state index in [1.54, 1.807) is 12.1 Å². The Labute approximate surface area is 181 Å². The van der Waals surface area contributed by atoms with Crippen LogP contribution in [-0.4, -0.2) is 23.9 Å². The van der Waals surface area contributed by atoms with Crippen molar-refractivity contribution >= 4 is 34.3 Å². The predicted octanol–water partition coefficient (Wildman–Crippen LogP) is 5.28. The number of esters is 2. The van der Waals surface area contributed by atoms with Crippen LogP contribution in [0.5, 0.6) is 11.5 Å². The Morgan fingerprint density at radius 1 is 0.967 bits per heavy atom. The van der Waals surface area contributed by atoms with E-state index in [0.717, 1.165) is 27.5 Å². The molecule has 156 valence electrons. The highest BCUT2D eigenvalue weighted by Gasteiger charge is 2.17. The lowest BCUT2D eigenvalue weighted by Gasteiger charge is -2.22. The van der Waals surface area contributed by atoms with Crippen LogP contribution >= 0.6 is 11.6 Å². The zero-order valence-corrected chi connectivity index (χ0v) is 18.2. The Hall–Kier alpha value is -2.89. The Morgan fingerprint density at radius 3 is 2.37 bits per heavy atom. The van der Waals surface area contributed by atoms with E-state index in [9.17, 15) is 9.59 Å². The summed E-state index contributed by atoms with van der Waals surface area (Å²) in [5.41, 5.74) is 2.53. The molecule has 0 heterocycles. The minimum absolute atomic E-state index is 0.364. The summed E-state index contributed by atoms with van der Waals surface area (Å²) in [7, 11) is 1.95. The highest BCUT2D eigenvalue weighted by atomic mass is 35.5. The third-order valence-corrected chi connectivity index (χ3v) is 4.90. The van der Waals surface area contributed by atoms with Crippen molar-refractivity contribution < 1.29 is 19.1 Å². The number of halogens is 1. The average Bonchev–Trinajstić information content (AvgIpc) is 2.66. The molecule has 0 spiro atoms. The summed E-state index contributed by atoms with van der Waals surface area (Å²) in [6.45, 7) is 5.64. The molecule has 30 heavy (non-hydrogen) atoms. The molecule has 0 saturated carbocycles. The third kappa shape index (κ3) is 5.17. The molecule has 0 amide bonds. The Kier molecular flexibility index (Phi) is 6.75. The number of aryl methyl sites for hydroxylation is 1. The molecule has 5 nitrogen and oxygen atoms in total. The number of benzene rings is 3. The van der Waals surface area contributed by atoms with Gasteiger partial charge in [0.2, 0.25) is 0 Å². The van der Waals surface area contributed by atoms with E-state index in [-0.39, 0.29) is 11.9 Å². The standard InChI is InChI=1S/C24H24ClNO4/c1-15-11-20(25)12-19(24(15)30-17(3)28)13-26(4)14-22-21-8-6-5-7-18(21)9-10-23(22)29-16(2)27/h5-12H,13-14H2,1-4H3. The number of nitrogens with zero attached hydrogens (tertiary/aromatic N) is 1. The van der Waals surface area contributed by atoms with Crippen LogP contribution in [0.15, 0.2) is 48.5 Å². The molecule has 0 atom stereocenters. The van der Waals surface area contributed by atoms with E-state index < -0.39 is 0 Å². The highest BCUT2D eigenvalue weighted by molar-refractivity contribution is 6.30. The first kappa shape index (κ1) is 21.8. The summed E-state index contributed by atoms with van der Waals surface area (Å²) in [5.74, 6) is 0.319. The normalized spacial score (nSPS) is 11.0. The van der Waals surface area contributed by atoms with Crippen molar-refractivity contribution in [1.82, 2.24) is 4.90 Å². The largest absolute Gasteiger partial charge is 0.426 e. The first-order valence-corrected chi connectivity index (χ1v) is 9.97. The number of hydrogen-bond acceptors (Lipinski definition) is 5. The van der Waals surface area contributed by atoms with Crippen LogP contribution in [0.25, 0.3) is 10.8 Å². The van der Waals surface area contributed by atoms with E-state index in [0.29, 0.717) is 29.6 Å². The van der Waals surface area contributed by atoms with E-state index in [4.69, 9.17) is 21.1 Å². The molecule has 0 aromatic heterocycles. The molecule has 0 fully saturated rings. The fourth-order valence-electron chi connectivity index (χ4n) is 3.55. The molecule has 3 aromatic carbocycles. The second kappa shape index (κ2) is 9.28. The van der Waals surface area contributed by atoms with Crippen molar-refractivity contribution in [3.63, 3.8) is 0 Å². The van der Waals surface area contributed by atoms with Gasteiger partial charge in [-0.2, -0.15) is 0 Å². The van der Waals surface area contributed by atoms with Gasteiger partial charge in [-0.05, 0) is 48.5 Å². The lowest BCUT2D eigenvalue weighted by molar-refractivity contribution is -0.132. The molecule has 3 aromatic rings. The van der Waals surface area contributed by atoms with Crippen LogP contribution in [0.2, 0.25) is 5.02 Å². The van der Waals surface area contributed by atoms with Gasteiger partial charge >= 0.3 is 11.9 Å². The van der Waals surface area contributed by atoms with Crippen LogP contribution in [-0.2, 0) is 22.7 Å². The summed E-state index contributed by atoms with van der Waals surface area (Å²) in [4.78, 5) is 25.2. The molecule has 0 N–H and O–H groups in total. The molecule has 0 aliphatic carbocycles. The minimum atomic E-state index is -0.379. The van der Waals surface area contributed by atoms with Crippen LogP contribution in [0.3, 0.4) is 0 Å². The van der Waals surface area contributed by atoms with Crippen molar-refractivity contribution in [2.24, 2.45) is 0 Å². The van der Waals surface area contributed by atoms with Crippen LogP contribution in [0, 0.1) is 6.92 Å². The third-order valence-electron chi connectivity index (χ3n) is 4.68. The molecule has 0 saturated heterocycles. The first-order valence-electron chi connectivity index (χ1n) is 9.59. The van der Waals surface area contributed by atoms with Crippen molar-refractivity contribution in [3.8, 4) is 11.5 Å². The lowest BCUT2D eigenvalue weighted by Crippen LogP contribution is -2.20. The zero-order chi connectivity index (χ0) is 21.8. The van der Waals surface area contributed by atoms with E-state index in [2.05, 4.69) is 4.90 Å². The van der Waals surface area contributed by atoms with Gasteiger partial charge in [-0.1, -0.05) is 41.9 Å². The number of ether oxygens (including phenoxy) is 2. The predicted molar refractivity (Wildman–Crippen MR) is 118 cm³/mol. The van der Waals surface area contributed by atoms with Crippen molar-refractivity contribution in [2.45, 2.75) is 33.9 Å². The summed E-state index contributed by atoms with van der Waals surface area (Å²) < 4.78 is 10.9. The van der Waals surface area contributed by atoms with Gasteiger partial charge in [0.1, 0.15) is 11.5 Å². The van der Waals surface area contributed by atoms with Gasteiger partial charge in [0.15, 0.2) is 0 Å². The lowest BCUT2D eigenvalue weighted by atomic mass is 10.0. The zero-order valence-electron chi connectivity index (χ0n) is 17.5. The van der Waals surface area contributed by atoms with Gasteiger partial charge in [-0.25, -0.2) is 0 Å². The number of hydrogen-bond donors (Lipinski definition) is 0. The molecule has 0 radical (unpaired) electrons. The second-order valence-electron chi connectivity index (χ2n) is 7.33. The Bertz CT molecular complexity index is 1110. The smallest absolute Gasteiger partial charge is 0.308 e. The topological polar surface area (TPSA) is 55.8 Å². The monoisotopic (exact) mass is 425 g/mol. The maximum Gasteiger partial charge on any atom is 0.308 e. The number of rotatable bonds is 6. The van der Waals surface area contributed by atoms with Gasteiger partial charge in [-0.15, -0.1) is 0 Å². The van der Waals surface area contributed by atoms with E-state index in [1.807, 2.05) is 50.4 Å². The molecular weight excluding hydrogens is 402 g/mol. The number of fused-ring (bicyclic) bond motifs is 1. The fourth-order valence-corrected chi connectivity index (χ4v) is 3.85. The van der Waals surface area contributed by atoms with Crippen LogP contribution < -0.4 is 9.47 Å². The Morgan fingerprint density at radius 2 is 1.67 bits per heavy atom. The highest BCUT2D eigenvalue weighted by Crippen LogP contribution is 2.32.